The van der Waals surface area contributed by atoms with Gasteiger partial charge >= 0.3 is 17.9 Å². The molecule has 1 aliphatic rings. The second kappa shape index (κ2) is 33.6. The summed E-state index contributed by atoms with van der Waals surface area (Å²) in [5, 5.41) is 10.8. The van der Waals surface area contributed by atoms with Gasteiger partial charge in [0.2, 0.25) is 0 Å². The molecule has 1 heterocycles. The van der Waals surface area contributed by atoms with Crippen LogP contribution in [0.3, 0.4) is 0 Å². The number of carboxylic acid groups (broad SMARTS) is 1. The third-order valence-corrected chi connectivity index (χ3v) is 7.54. The molecule has 46 heavy (non-hydrogen) atoms. The Bertz CT molecular complexity index is 854. The van der Waals surface area contributed by atoms with E-state index in [9.17, 15) is 24.3 Å². The molecule has 1 fully saturated rings. The number of hydrogen-bond acceptors (Lipinski definition) is 8. The number of unbranched alkanes of at least 4 members (excludes halogenated alkanes) is 14. The van der Waals surface area contributed by atoms with E-state index in [2.05, 4.69) is 31.2 Å². The van der Waals surface area contributed by atoms with Crippen LogP contribution in [-0.2, 0) is 33.4 Å². The van der Waals surface area contributed by atoms with Gasteiger partial charge in [-0.1, -0.05) is 121 Å². The Hall–Kier alpha value is -2.78. The van der Waals surface area contributed by atoms with Crippen molar-refractivity contribution in [3.05, 3.63) is 37.0 Å². The highest BCUT2D eigenvalue weighted by atomic mass is 16.6. The highest BCUT2D eigenvalue weighted by molar-refractivity contribution is 5.94. The number of carbonyl (C=O) groups is 4. The first kappa shape index (κ1) is 45.3. The summed E-state index contributed by atoms with van der Waals surface area (Å²) in [6, 6.07) is 0. The Morgan fingerprint density at radius 2 is 1.39 bits per heavy atom. The van der Waals surface area contributed by atoms with Crippen LogP contribution in [0.2, 0.25) is 0 Å². The molecule has 0 aromatic carbocycles. The number of allylic oxidation sites excluding steroid dienone is 4. The molecule has 1 saturated heterocycles. The number of carboxylic acids is 1. The van der Waals surface area contributed by atoms with E-state index in [0.717, 1.165) is 19.3 Å². The molecule has 0 bridgehead atoms. The van der Waals surface area contributed by atoms with Crippen molar-refractivity contribution in [1.82, 2.24) is 6.15 Å². The highest BCUT2D eigenvalue weighted by Crippen LogP contribution is 2.20. The van der Waals surface area contributed by atoms with Crippen LogP contribution >= 0.6 is 0 Å². The van der Waals surface area contributed by atoms with Crippen molar-refractivity contribution in [2.24, 2.45) is 11.8 Å². The van der Waals surface area contributed by atoms with Crippen LogP contribution in [0.15, 0.2) is 37.0 Å². The number of carbonyl (C=O) groups excluding carboxylic acids is 4. The minimum Gasteiger partial charge on any atom is -0.550 e. The molecule has 0 amide bonds. The number of ether oxygens (including phenoxy) is 3. The summed E-state index contributed by atoms with van der Waals surface area (Å²) in [6.45, 7) is 8.73. The molecule has 0 aromatic rings. The monoisotopic (exact) mass is 651 g/mol. The molecule has 1 aliphatic heterocycles. The lowest BCUT2D eigenvalue weighted by atomic mass is 10.0. The van der Waals surface area contributed by atoms with Crippen LogP contribution in [0.25, 0.3) is 0 Å². The number of rotatable bonds is 28. The molecule has 0 aliphatic carbocycles. The quantitative estimate of drug-likeness (QED) is 0.0385. The van der Waals surface area contributed by atoms with Crippen LogP contribution in [-0.4, -0.2) is 43.7 Å². The van der Waals surface area contributed by atoms with E-state index in [1.807, 2.05) is 18.2 Å². The molecule has 2 unspecified atom stereocenters. The average Bonchev–Trinajstić information content (AvgIpc) is 3.34. The molecule has 1 rings (SSSR count). The first-order valence-electron chi connectivity index (χ1n) is 17.4. The fourth-order valence-electron chi connectivity index (χ4n) is 4.85. The van der Waals surface area contributed by atoms with Crippen molar-refractivity contribution in [3.63, 3.8) is 0 Å². The summed E-state index contributed by atoms with van der Waals surface area (Å²) < 4.78 is 14.7. The van der Waals surface area contributed by atoms with Crippen molar-refractivity contribution >= 4 is 23.9 Å². The molecule has 9 heteroatoms. The standard InChI is InChI=1S/C21H36O5.C16H26O3.H3N/c1-3-5-6-7-8-9-10-11-12-13-14-19(18-20(22)23)21(24)26-17-16-25-15-4-2;1-2-3-4-5-6-7-8-9-10-11-12-14-13-15(17)19-16(14)18;/h4,12-13,19H,2-3,5-11,14-18H2,1H3,(H,22,23);10-11,14H,2-9,12-13H2,1H3;1H3/b13-12+;11-10+;. The van der Waals surface area contributed by atoms with Gasteiger partial charge in [-0.05, 0) is 38.5 Å². The van der Waals surface area contributed by atoms with Gasteiger partial charge in [-0.3, -0.25) is 14.4 Å². The van der Waals surface area contributed by atoms with Crippen molar-refractivity contribution < 1.29 is 38.5 Å². The summed E-state index contributed by atoms with van der Waals surface area (Å²) >= 11 is 0. The van der Waals surface area contributed by atoms with Crippen LogP contribution in [0.1, 0.15) is 142 Å². The maximum absolute atomic E-state index is 12.0. The number of quaternary nitrogens is 1. The number of cyclic esters (lactones) is 2. The molecular weight excluding hydrogens is 586 g/mol. The normalized spacial score (nSPS) is 14.9. The molecule has 0 spiro atoms. The van der Waals surface area contributed by atoms with Crippen LogP contribution in [0, 0.1) is 11.8 Å². The lowest BCUT2D eigenvalue weighted by Gasteiger charge is -2.15. The molecule has 0 radical (unpaired) electrons. The van der Waals surface area contributed by atoms with Gasteiger partial charge in [-0.15, -0.1) is 6.58 Å². The zero-order valence-corrected chi connectivity index (χ0v) is 29.3. The van der Waals surface area contributed by atoms with Gasteiger partial charge in [0.05, 0.1) is 31.5 Å². The fraction of sp³-hybridized carbons (Fsp3) is 0.730. The second-order valence-corrected chi connectivity index (χ2v) is 11.7. The largest absolute Gasteiger partial charge is 0.550 e. The molecule has 4 N–H and O–H groups in total. The Morgan fingerprint density at radius 3 is 1.89 bits per heavy atom. The first-order valence-corrected chi connectivity index (χ1v) is 17.4. The van der Waals surface area contributed by atoms with Gasteiger partial charge in [0.25, 0.3) is 0 Å². The Morgan fingerprint density at radius 1 is 0.848 bits per heavy atom. The molecule has 266 valence electrons. The smallest absolute Gasteiger partial charge is 0.317 e. The Kier molecular flexibility index (Phi) is 33.1. The van der Waals surface area contributed by atoms with Gasteiger partial charge in [0, 0.05) is 12.4 Å². The van der Waals surface area contributed by atoms with Crippen LogP contribution in [0.5, 0.6) is 0 Å². The van der Waals surface area contributed by atoms with Gasteiger partial charge in [-0.25, -0.2) is 0 Å². The molecule has 0 saturated carbocycles. The minimum absolute atomic E-state index is 0. The van der Waals surface area contributed by atoms with Crippen molar-refractivity contribution in [2.45, 2.75) is 142 Å². The molecule has 9 nitrogen and oxygen atoms in total. The van der Waals surface area contributed by atoms with E-state index >= 15 is 0 Å². The van der Waals surface area contributed by atoms with E-state index in [0.29, 0.717) is 19.4 Å². The highest BCUT2D eigenvalue weighted by Gasteiger charge is 2.32. The molecule has 2 atom stereocenters. The van der Waals surface area contributed by atoms with Gasteiger partial charge in [0.15, 0.2) is 0 Å². The lowest BCUT2D eigenvalue weighted by molar-refractivity contribution is -0.306. The van der Waals surface area contributed by atoms with Crippen molar-refractivity contribution in [3.8, 4) is 0 Å². The predicted octanol–water partition coefficient (Wildman–Crippen LogP) is 8.11. The minimum atomic E-state index is -1.24. The summed E-state index contributed by atoms with van der Waals surface area (Å²) in [7, 11) is 0. The third-order valence-electron chi connectivity index (χ3n) is 7.54. The maximum atomic E-state index is 12.0. The summed E-state index contributed by atoms with van der Waals surface area (Å²) in [5.41, 5.74) is 0. The second-order valence-electron chi connectivity index (χ2n) is 11.7. The zero-order chi connectivity index (χ0) is 33.4. The number of esters is 3. The fourth-order valence-corrected chi connectivity index (χ4v) is 4.85. The maximum Gasteiger partial charge on any atom is 0.317 e. The van der Waals surface area contributed by atoms with Crippen LogP contribution < -0.4 is 11.3 Å². The van der Waals surface area contributed by atoms with E-state index in [1.54, 1.807) is 6.08 Å². The van der Waals surface area contributed by atoms with E-state index < -0.39 is 17.9 Å². The summed E-state index contributed by atoms with van der Waals surface area (Å²) in [4.78, 5) is 44.9. The Balaban J connectivity index is 0. The number of aliphatic carboxylic acids is 1. The van der Waals surface area contributed by atoms with Crippen molar-refractivity contribution in [2.75, 3.05) is 19.8 Å². The lowest BCUT2D eigenvalue weighted by Crippen LogP contribution is -2.29. The predicted molar refractivity (Wildman–Crippen MR) is 183 cm³/mol. The Labute approximate surface area is 279 Å². The SMILES string of the molecule is C=CCOCCOC(=O)C(C/C=C/CCCCCCCCC)CC(=O)[O-].CCCCCCCCC/C=C/CC1CC(=O)OC1=O.[NH4+]. The van der Waals surface area contributed by atoms with Gasteiger partial charge in [0.1, 0.15) is 6.61 Å². The molecule has 0 aromatic heterocycles. The summed E-state index contributed by atoms with van der Waals surface area (Å²) in [5.74, 6) is -3.43. The van der Waals surface area contributed by atoms with Gasteiger partial charge < -0.3 is 30.3 Å². The van der Waals surface area contributed by atoms with Crippen molar-refractivity contribution in [1.29, 1.82) is 0 Å². The van der Waals surface area contributed by atoms with E-state index in [4.69, 9.17) is 9.47 Å². The first-order chi connectivity index (χ1) is 21.8. The summed E-state index contributed by atoms with van der Waals surface area (Å²) in [6.07, 6.45) is 30.6. The zero-order valence-electron chi connectivity index (χ0n) is 29.3. The van der Waals surface area contributed by atoms with Crippen LogP contribution in [0.4, 0.5) is 0 Å². The van der Waals surface area contributed by atoms with E-state index in [-0.39, 0.29) is 50.1 Å². The van der Waals surface area contributed by atoms with E-state index in [1.165, 1.54) is 83.5 Å². The topological polar surface area (TPSA) is 156 Å². The third kappa shape index (κ3) is 28.7. The molecular formula is C37H65NO8. The average molecular weight is 652 g/mol. The van der Waals surface area contributed by atoms with Gasteiger partial charge in [-0.2, -0.15) is 0 Å². The number of hydrogen-bond donors (Lipinski definition) is 1.